The number of halogens is 1. The van der Waals surface area contributed by atoms with Crippen LogP contribution in [-0.2, 0) is 11.2 Å². The zero-order valence-corrected chi connectivity index (χ0v) is 11.4. The minimum Gasteiger partial charge on any atom is -0.444 e. The van der Waals surface area contributed by atoms with E-state index in [0.29, 0.717) is 6.42 Å². The molecule has 0 aliphatic rings. The molecule has 0 saturated carbocycles. The van der Waals surface area contributed by atoms with E-state index in [2.05, 4.69) is 10.3 Å². The molecule has 0 bridgehead atoms. The second-order valence-corrected chi connectivity index (χ2v) is 5.34. The average Bonchev–Trinajstić information content (AvgIpc) is 2.27. The smallest absolute Gasteiger partial charge is 0.407 e. The van der Waals surface area contributed by atoms with Gasteiger partial charge in [-0.3, -0.25) is 0 Å². The number of hydrogen-bond donors (Lipinski definition) is 2. The zero-order valence-electron chi connectivity index (χ0n) is 11.4. The van der Waals surface area contributed by atoms with Gasteiger partial charge in [-0.25, -0.2) is 9.78 Å². The Hall–Kier alpha value is -1.69. The maximum atomic E-state index is 12.6. The van der Waals surface area contributed by atoms with E-state index in [1.807, 2.05) is 0 Å². The van der Waals surface area contributed by atoms with Crippen LogP contribution in [0.5, 0.6) is 0 Å². The van der Waals surface area contributed by atoms with Crippen LogP contribution in [0, 0.1) is 5.95 Å². The minimum absolute atomic E-state index is 0.278. The summed E-state index contributed by atoms with van der Waals surface area (Å²) >= 11 is 0. The van der Waals surface area contributed by atoms with Gasteiger partial charge in [0.1, 0.15) is 5.60 Å². The lowest BCUT2D eigenvalue weighted by atomic mass is 10.1. The standard InChI is InChI=1S/C13H20FN3O2/c1-13(2,3)19-12(18)17-8-10(15)6-9-4-5-11(14)16-7-9/h4-5,7,10H,6,8,15H2,1-3H3,(H,17,18). The van der Waals surface area contributed by atoms with Gasteiger partial charge in [-0.15, -0.1) is 0 Å². The first-order chi connectivity index (χ1) is 8.76. The van der Waals surface area contributed by atoms with Crippen LogP contribution >= 0.6 is 0 Å². The average molecular weight is 269 g/mol. The molecule has 6 heteroatoms. The number of alkyl carbamates (subject to hydrolysis) is 1. The predicted molar refractivity (Wildman–Crippen MR) is 70.1 cm³/mol. The minimum atomic E-state index is -0.533. The summed E-state index contributed by atoms with van der Waals surface area (Å²) in [5.74, 6) is -0.524. The fraction of sp³-hybridized carbons (Fsp3) is 0.538. The van der Waals surface area contributed by atoms with Gasteiger partial charge in [-0.2, -0.15) is 4.39 Å². The number of carbonyl (C=O) groups is 1. The Labute approximate surface area is 112 Å². The van der Waals surface area contributed by atoms with E-state index in [1.165, 1.54) is 12.3 Å². The lowest BCUT2D eigenvalue weighted by Crippen LogP contribution is -2.41. The number of pyridine rings is 1. The molecule has 0 saturated heterocycles. The molecule has 0 fully saturated rings. The second kappa shape index (κ2) is 6.47. The third-order valence-electron chi connectivity index (χ3n) is 2.19. The molecule has 1 rings (SSSR count). The van der Waals surface area contributed by atoms with Gasteiger partial charge in [0.25, 0.3) is 0 Å². The van der Waals surface area contributed by atoms with Crippen LogP contribution in [0.15, 0.2) is 18.3 Å². The van der Waals surface area contributed by atoms with Gasteiger partial charge >= 0.3 is 6.09 Å². The van der Waals surface area contributed by atoms with Crippen molar-refractivity contribution in [3.8, 4) is 0 Å². The Kier molecular flexibility index (Phi) is 5.23. The van der Waals surface area contributed by atoms with Crippen molar-refractivity contribution >= 4 is 6.09 Å². The van der Waals surface area contributed by atoms with Crippen molar-refractivity contribution in [2.45, 2.75) is 38.8 Å². The highest BCUT2D eigenvalue weighted by Crippen LogP contribution is 2.06. The van der Waals surface area contributed by atoms with Crippen molar-refractivity contribution in [1.29, 1.82) is 0 Å². The van der Waals surface area contributed by atoms with Gasteiger partial charge in [0.15, 0.2) is 0 Å². The highest BCUT2D eigenvalue weighted by atomic mass is 19.1. The summed E-state index contributed by atoms with van der Waals surface area (Å²) in [6.45, 7) is 5.65. The molecule has 0 aliphatic heterocycles. The Bertz CT molecular complexity index is 415. The van der Waals surface area contributed by atoms with Gasteiger partial charge in [-0.05, 0) is 38.8 Å². The summed E-state index contributed by atoms with van der Waals surface area (Å²) in [4.78, 5) is 15.0. The molecule has 1 amide bonds. The van der Waals surface area contributed by atoms with E-state index >= 15 is 0 Å². The quantitative estimate of drug-likeness (QED) is 0.814. The Morgan fingerprint density at radius 1 is 1.53 bits per heavy atom. The Morgan fingerprint density at radius 2 is 2.21 bits per heavy atom. The summed E-state index contributed by atoms with van der Waals surface area (Å²) in [5, 5.41) is 2.59. The van der Waals surface area contributed by atoms with Crippen LogP contribution in [0.3, 0.4) is 0 Å². The van der Waals surface area contributed by atoms with Crippen LogP contribution in [0.2, 0.25) is 0 Å². The van der Waals surface area contributed by atoms with E-state index in [4.69, 9.17) is 10.5 Å². The molecule has 1 heterocycles. The normalized spacial score (nSPS) is 12.9. The molecule has 0 spiro atoms. The molecule has 106 valence electrons. The molecular weight excluding hydrogens is 249 g/mol. The molecule has 1 atom stereocenters. The number of carbonyl (C=O) groups excluding carboxylic acids is 1. The van der Waals surface area contributed by atoms with Crippen molar-refractivity contribution in [3.63, 3.8) is 0 Å². The topological polar surface area (TPSA) is 77.2 Å². The fourth-order valence-electron chi connectivity index (χ4n) is 1.43. The van der Waals surface area contributed by atoms with Crippen LogP contribution < -0.4 is 11.1 Å². The first-order valence-corrected chi connectivity index (χ1v) is 6.09. The Balaban J connectivity index is 2.33. The summed E-state index contributed by atoms with van der Waals surface area (Å²) in [5.41, 5.74) is 6.15. The number of ether oxygens (including phenoxy) is 1. The molecular formula is C13H20FN3O2. The van der Waals surface area contributed by atoms with Crippen molar-refractivity contribution < 1.29 is 13.9 Å². The van der Waals surface area contributed by atoms with E-state index in [-0.39, 0.29) is 12.6 Å². The molecule has 0 aliphatic carbocycles. The first-order valence-electron chi connectivity index (χ1n) is 6.09. The summed E-state index contributed by atoms with van der Waals surface area (Å²) in [6, 6.07) is 2.62. The van der Waals surface area contributed by atoms with Crippen LogP contribution in [0.25, 0.3) is 0 Å². The third kappa shape index (κ3) is 6.71. The summed E-state index contributed by atoms with van der Waals surface area (Å²) in [6.07, 6.45) is 1.44. The zero-order chi connectivity index (χ0) is 14.5. The maximum absolute atomic E-state index is 12.6. The number of aromatic nitrogens is 1. The number of hydrogen-bond acceptors (Lipinski definition) is 4. The number of nitrogens with one attached hydrogen (secondary N) is 1. The highest BCUT2D eigenvalue weighted by molar-refractivity contribution is 5.67. The molecule has 5 nitrogen and oxygen atoms in total. The van der Waals surface area contributed by atoms with Crippen LogP contribution in [0.1, 0.15) is 26.3 Å². The third-order valence-corrected chi connectivity index (χ3v) is 2.19. The van der Waals surface area contributed by atoms with Gasteiger partial charge in [0.2, 0.25) is 5.95 Å². The van der Waals surface area contributed by atoms with Gasteiger partial charge < -0.3 is 15.8 Å². The molecule has 1 aromatic heterocycles. The number of amides is 1. The largest absolute Gasteiger partial charge is 0.444 e. The molecule has 1 unspecified atom stereocenters. The van der Waals surface area contributed by atoms with Gasteiger partial charge in [-0.1, -0.05) is 6.07 Å². The van der Waals surface area contributed by atoms with Crippen molar-refractivity contribution in [1.82, 2.24) is 10.3 Å². The van der Waals surface area contributed by atoms with Crippen molar-refractivity contribution in [2.24, 2.45) is 5.73 Å². The molecule has 0 aromatic carbocycles. The lowest BCUT2D eigenvalue weighted by molar-refractivity contribution is 0.0524. The molecule has 3 N–H and O–H groups in total. The SMILES string of the molecule is CC(C)(C)OC(=O)NCC(N)Cc1ccc(F)nc1. The monoisotopic (exact) mass is 269 g/mol. The van der Waals surface area contributed by atoms with Gasteiger partial charge in [0.05, 0.1) is 0 Å². The second-order valence-electron chi connectivity index (χ2n) is 5.34. The molecule has 19 heavy (non-hydrogen) atoms. The summed E-state index contributed by atoms with van der Waals surface area (Å²) < 4.78 is 17.7. The van der Waals surface area contributed by atoms with E-state index in [0.717, 1.165) is 5.56 Å². The van der Waals surface area contributed by atoms with Crippen LogP contribution in [0.4, 0.5) is 9.18 Å². The number of nitrogens with zero attached hydrogens (tertiary/aromatic N) is 1. The predicted octanol–water partition coefficient (Wildman–Crippen LogP) is 1.62. The molecule has 1 aromatic rings. The maximum Gasteiger partial charge on any atom is 0.407 e. The van der Waals surface area contributed by atoms with Crippen molar-refractivity contribution in [2.75, 3.05) is 6.54 Å². The van der Waals surface area contributed by atoms with E-state index in [9.17, 15) is 9.18 Å². The van der Waals surface area contributed by atoms with E-state index < -0.39 is 17.6 Å². The Morgan fingerprint density at radius 3 is 2.74 bits per heavy atom. The molecule has 0 radical (unpaired) electrons. The summed E-state index contributed by atoms with van der Waals surface area (Å²) in [7, 11) is 0. The number of nitrogens with two attached hydrogens (primary N) is 1. The lowest BCUT2D eigenvalue weighted by Gasteiger charge is -2.20. The highest BCUT2D eigenvalue weighted by Gasteiger charge is 2.16. The first kappa shape index (κ1) is 15.4. The van der Waals surface area contributed by atoms with E-state index in [1.54, 1.807) is 26.8 Å². The van der Waals surface area contributed by atoms with Crippen LogP contribution in [-0.4, -0.2) is 29.3 Å². The fourth-order valence-corrected chi connectivity index (χ4v) is 1.43. The number of rotatable bonds is 4. The van der Waals surface area contributed by atoms with Crippen molar-refractivity contribution in [3.05, 3.63) is 29.8 Å². The van der Waals surface area contributed by atoms with Gasteiger partial charge in [0, 0.05) is 18.8 Å².